The molecule has 4 rings (SSSR count). The zero-order valence-electron chi connectivity index (χ0n) is 21.4. The molecule has 0 saturated carbocycles. The highest BCUT2D eigenvalue weighted by Gasteiger charge is 2.19. The van der Waals surface area contributed by atoms with Crippen molar-refractivity contribution in [2.45, 2.75) is 91.9 Å². The van der Waals surface area contributed by atoms with Gasteiger partial charge < -0.3 is 0 Å². The number of fused-ring (bicyclic) bond motifs is 1. The molecule has 0 N–H and O–H groups in total. The largest absolute Gasteiger partial charge is 0.222 e. The van der Waals surface area contributed by atoms with Crippen molar-refractivity contribution in [3.63, 3.8) is 0 Å². The molecular weight excluding hydrogens is 572 g/mol. The highest BCUT2D eigenvalue weighted by atomic mass is 79.9. The number of aromatic nitrogens is 2. The maximum absolute atomic E-state index is 5.00. The molecule has 190 valence electrons. The Labute approximate surface area is 235 Å². The molecule has 7 heteroatoms. The quantitative estimate of drug-likeness (QED) is 0.142. The van der Waals surface area contributed by atoms with E-state index >= 15 is 0 Å². The van der Waals surface area contributed by atoms with Crippen molar-refractivity contribution in [2.75, 3.05) is 0 Å². The van der Waals surface area contributed by atoms with Gasteiger partial charge in [-0.05, 0) is 69.2 Å². The fraction of sp³-hybridized carbons (Fsp3) is 0.571. The van der Waals surface area contributed by atoms with E-state index in [0.29, 0.717) is 0 Å². The molecule has 4 aromatic rings. The van der Waals surface area contributed by atoms with E-state index in [9.17, 15) is 0 Å². The Hall–Kier alpha value is -0.600. The van der Waals surface area contributed by atoms with Gasteiger partial charge in [-0.3, -0.25) is 0 Å². The number of thiophene rings is 2. The van der Waals surface area contributed by atoms with Gasteiger partial charge in [0, 0.05) is 0 Å². The van der Waals surface area contributed by atoms with Crippen LogP contribution >= 0.6 is 61.3 Å². The molecule has 4 aromatic heterocycles. The van der Waals surface area contributed by atoms with Crippen LogP contribution in [0, 0.1) is 11.8 Å². The molecule has 0 aliphatic carbocycles. The van der Waals surface area contributed by atoms with Gasteiger partial charge >= 0.3 is 0 Å². The van der Waals surface area contributed by atoms with E-state index in [2.05, 4.69) is 61.1 Å². The van der Waals surface area contributed by atoms with Gasteiger partial charge in [0.1, 0.15) is 10.0 Å². The molecule has 0 aliphatic heterocycles. The number of nitrogens with zero attached hydrogens (tertiary/aromatic N) is 2. The SMILES string of the molecule is CCCCC(CC)Cc1csc(-c2nc3sc(-c4cc(CC(CC)CCCC)c(Br)s4)nc3s2)c1. The summed E-state index contributed by atoms with van der Waals surface area (Å²) in [6.07, 6.45) is 12.8. The molecule has 0 radical (unpaired) electrons. The summed E-state index contributed by atoms with van der Waals surface area (Å²) in [5.41, 5.74) is 2.91. The van der Waals surface area contributed by atoms with Crippen LogP contribution in [-0.4, -0.2) is 9.97 Å². The smallest absolute Gasteiger partial charge is 0.155 e. The summed E-state index contributed by atoms with van der Waals surface area (Å²) in [4.78, 5) is 14.7. The van der Waals surface area contributed by atoms with Gasteiger partial charge in [-0.1, -0.05) is 102 Å². The van der Waals surface area contributed by atoms with E-state index in [1.54, 1.807) is 22.7 Å². The van der Waals surface area contributed by atoms with Gasteiger partial charge in [-0.2, -0.15) is 0 Å². The summed E-state index contributed by atoms with van der Waals surface area (Å²) >= 11 is 11.0. The van der Waals surface area contributed by atoms with Crippen LogP contribution in [0.3, 0.4) is 0 Å². The van der Waals surface area contributed by atoms with Gasteiger partial charge in [-0.25, -0.2) is 9.97 Å². The Morgan fingerprint density at radius 2 is 1.37 bits per heavy atom. The van der Waals surface area contributed by atoms with Crippen LogP contribution in [0.5, 0.6) is 0 Å². The van der Waals surface area contributed by atoms with E-state index in [-0.39, 0.29) is 0 Å². The minimum Gasteiger partial charge on any atom is -0.222 e. The molecule has 0 aromatic carbocycles. The minimum absolute atomic E-state index is 0.771. The van der Waals surface area contributed by atoms with E-state index in [1.165, 1.54) is 82.5 Å². The molecular formula is C28H37BrN2S4. The summed E-state index contributed by atoms with van der Waals surface area (Å²) in [6.45, 7) is 9.22. The highest BCUT2D eigenvalue weighted by molar-refractivity contribution is 9.11. The number of rotatable bonds is 14. The third kappa shape index (κ3) is 7.04. The summed E-state index contributed by atoms with van der Waals surface area (Å²) in [7, 11) is 0. The lowest BCUT2D eigenvalue weighted by Gasteiger charge is -2.13. The minimum atomic E-state index is 0.771. The Balaban J connectivity index is 1.46. The molecule has 0 fully saturated rings. The van der Waals surface area contributed by atoms with E-state index in [4.69, 9.17) is 9.97 Å². The molecule has 0 aliphatic rings. The number of thiazole rings is 2. The third-order valence-corrected chi connectivity index (χ3v) is 12.2. The first-order valence-electron chi connectivity index (χ1n) is 13.2. The second-order valence-electron chi connectivity index (χ2n) is 9.62. The topological polar surface area (TPSA) is 25.8 Å². The highest BCUT2D eigenvalue weighted by Crippen LogP contribution is 2.43. The molecule has 2 atom stereocenters. The van der Waals surface area contributed by atoms with Crippen LogP contribution in [0.2, 0.25) is 0 Å². The Bertz CT molecular complexity index is 1170. The lowest BCUT2D eigenvalue weighted by atomic mass is 9.93. The van der Waals surface area contributed by atoms with Crippen LogP contribution in [0.15, 0.2) is 21.3 Å². The van der Waals surface area contributed by atoms with Gasteiger partial charge in [0.05, 0.1) is 13.5 Å². The maximum Gasteiger partial charge on any atom is 0.155 e. The van der Waals surface area contributed by atoms with Gasteiger partial charge in [0.15, 0.2) is 9.66 Å². The first kappa shape index (κ1) is 27.4. The molecule has 35 heavy (non-hydrogen) atoms. The standard InChI is InChI=1S/C28H37BrN2S4/c1-5-9-11-18(7-3)13-20-15-22(32-17-20)25-30-27-28(34-25)31-26(35-27)23-16-21(24(29)33-23)14-19(8-4)12-10-6-2/h15-19H,5-14H2,1-4H3. The number of hydrogen-bond donors (Lipinski definition) is 0. The zero-order valence-corrected chi connectivity index (χ0v) is 26.2. The van der Waals surface area contributed by atoms with Gasteiger partial charge in [0.2, 0.25) is 0 Å². The van der Waals surface area contributed by atoms with Crippen molar-refractivity contribution in [3.05, 3.63) is 32.4 Å². The Morgan fingerprint density at radius 1 is 0.771 bits per heavy atom. The van der Waals surface area contributed by atoms with E-state index in [0.717, 1.165) is 37.9 Å². The van der Waals surface area contributed by atoms with Crippen molar-refractivity contribution in [2.24, 2.45) is 11.8 Å². The fourth-order valence-corrected chi connectivity index (χ4v) is 9.42. The van der Waals surface area contributed by atoms with Crippen molar-refractivity contribution < 1.29 is 0 Å². The predicted octanol–water partition coefficient (Wildman–Crippen LogP) is 11.5. The summed E-state index contributed by atoms with van der Waals surface area (Å²) in [5.74, 6) is 1.57. The molecule has 2 unspecified atom stereocenters. The predicted molar refractivity (Wildman–Crippen MR) is 164 cm³/mol. The van der Waals surface area contributed by atoms with Gasteiger partial charge in [-0.15, -0.1) is 22.7 Å². The van der Waals surface area contributed by atoms with Crippen molar-refractivity contribution in [1.82, 2.24) is 9.97 Å². The average Bonchev–Trinajstić information content (AvgIpc) is 3.62. The van der Waals surface area contributed by atoms with Crippen LogP contribution < -0.4 is 0 Å². The summed E-state index contributed by atoms with van der Waals surface area (Å²) in [6, 6.07) is 4.73. The van der Waals surface area contributed by atoms with E-state index < -0.39 is 0 Å². The molecule has 0 bridgehead atoms. The summed E-state index contributed by atoms with van der Waals surface area (Å²) < 4.78 is 1.27. The average molecular weight is 610 g/mol. The van der Waals surface area contributed by atoms with Gasteiger partial charge in [0.25, 0.3) is 0 Å². The van der Waals surface area contributed by atoms with Crippen LogP contribution in [0.25, 0.3) is 29.4 Å². The van der Waals surface area contributed by atoms with Crippen LogP contribution in [0.4, 0.5) is 0 Å². The zero-order chi connectivity index (χ0) is 24.8. The van der Waals surface area contributed by atoms with Crippen LogP contribution in [-0.2, 0) is 12.8 Å². The Kier molecular flexibility index (Phi) is 10.4. The first-order valence-corrected chi connectivity index (χ1v) is 17.3. The maximum atomic E-state index is 5.00. The lowest BCUT2D eigenvalue weighted by molar-refractivity contribution is 0.449. The van der Waals surface area contributed by atoms with Crippen molar-refractivity contribution in [1.29, 1.82) is 0 Å². The molecule has 2 nitrogen and oxygen atoms in total. The molecule has 0 amide bonds. The molecule has 0 saturated heterocycles. The third-order valence-electron chi connectivity index (χ3n) is 6.93. The lowest BCUT2D eigenvalue weighted by Crippen LogP contribution is -2.02. The summed E-state index contributed by atoms with van der Waals surface area (Å²) in [5, 5.41) is 4.57. The second-order valence-corrected chi connectivity index (χ2v) is 14.9. The second kappa shape index (κ2) is 13.3. The number of halogens is 1. The number of unbranched alkanes of at least 4 members (excludes halogenated alkanes) is 2. The molecule has 0 spiro atoms. The molecule has 4 heterocycles. The van der Waals surface area contributed by atoms with Crippen molar-refractivity contribution >= 4 is 70.9 Å². The van der Waals surface area contributed by atoms with E-state index in [1.807, 2.05) is 22.7 Å². The Morgan fingerprint density at radius 3 is 1.97 bits per heavy atom. The first-order chi connectivity index (χ1) is 17.0. The number of hydrogen-bond acceptors (Lipinski definition) is 6. The monoisotopic (exact) mass is 608 g/mol. The van der Waals surface area contributed by atoms with Crippen molar-refractivity contribution in [3.8, 4) is 19.8 Å². The fourth-order valence-electron chi connectivity index (χ4n) is 4.63. The normalized spacial score (nSPS) is 13.6. The van der Waals surface area contributed by atoms with Crippen LogP contribution in [0.1, 0.15) is 90.2 Å².